The third-order valence-electron chi connectivity index (χ3n) is 7.26. The second-order valence-electron chi connectivity index (χ2n) is 11.2. The van der Waals surface area contributed by atoms with E-state index in [1.165, 1.54) is 24.8 Å². The van der Waals surface area contributed by atoms with Gasteiger partial charge in [-0.05, 0) is 50.7 Å². The highest BCUT2D eigenvalue weighted by Gasteiger charge is 2.42. The summed E-state index contributed by atoms with van der Waals surface area (Å²) >= 11 is 6.78. The maximum atomic E-state index is 13.4. The number of ether oxygens (including phenoxy) is 2. The van der Waals surface area contributed by atoms with Gasteiger partial charge in [-0.15, -0.1) is 0 Å². The van der Waals surface area contributed by atoms with Gasteiger partial charge in [0.1, 0.15) is 5.60 Å². The van der Waals surface area contributed by atoms with E-state index in [1.54, 1.807) is 26.8 Å². The predicted molar refractivity (Wildman–Crippen MR) is 151 cm³/mol. The van der Waals surface area contributed by atoms with E-state index in [2.05, 4.69) is 31.2 Å². The minimum atomic E-state index is -1.29. The zero-order valence-corrected chi connectivity index (χ0v) is 23.5. The molecule has 0 heterocycles. The number of benzene rings is 3. The Morgan fingerprint density at radius 3 is 1.95 bits per heavy atom. The SMILES string of the molecule is C[C@@H]1CCCC1c1ccc(C(OC(=O)CCC(=O)OC(C)(C)C)(c2ccccc2)c2ccccc2Cl)cc1. The van der Waals surface area contributed by atoms with Crippen LogP contribution in [0.4, 0.5) is 0 Å². The average molecular weight is 533 g/mol. The number of carbonyl (C=O) groups excluding carboxylic acids is 2. The van der Waals surface area contributed by atoms with Crippen LogP contribution >= 0.6 is 11.6 Å². The highest BCUT2D eigenvalue weighted by Crippen LogP contribution is 2.45. The second-order valence-corrected chi connectivity index (χ2v) is 11.6. The molecule has 4 nitrogen and oxygen atoms in total. The number of carbonyl (C=O) groups is 2. The maximum Gasteiger partial charge on any atom is 0.307 e. The van der Waals surface area contributed by atoms with Gasteiger partial charge in [0.2, 0.25) is 0 Å². The van der Waals surface area contributed by atoms with Crippen molar-refractivity contribution in [3.8, 4) is 0 Å². The number of rotatable bonds is 8. The molecule has 1 aliphatic carbocycles. The summed E-state index contributed by atoms with van der Waals surface area (Å²) in [5.74, 6) is 0.238. The van der Waals surface area contributed by atoms with Gasteiger partial charge in [0.15, 0.2) is 5.60 Å². The molecule has 1 saturated carbocycles. The number of hydrogen-bond acceptors (Lipinski definition) is 4. The highest BCUT2D eigenvalue weighted by molar-refractivity contribution is 6.31. The fourth-order valence-electron chi connectivity index (χ4n) is 5.49. The summed E-state index contributed by atoms with van der Waals surface area (Å²) in [7, 11) is 0. The monoisotopic (exact) mass is 532 g/mol. The van der Waals surface area contributed by atoms with Crippen molar-refractivity contribution in [2.24, 2.45) is 5.92 Å². The van der Waals surface area contributed by atoms with Crippen LogP contribution in [-0.4, -0.2) is 17.5 Å². The molecule has 3 aromatic rings. The lowest BCUT2D eigenvalue weighted by Gasteiger charge is -2.36. The molecule has 3 aromatic carbocycles. The zero-order valence-electron chi connectivity index (χ0n) is 22.7. The molecule has 0 aromatic heterocycles. The first-order valence-electron chi connectivity index (χ1n) is 13.4. The molecule has 0 spiro atoms. The molecule has 0 N–H and O–H groups in total. The van der Waals surface area contributed by atoms with E-state index in [0.29, 0.717) is 22.4 Å². The van der Waals surface area contributed by atoms with Gasteiger partial charge < -0.3 is 9.47 Å². The Hall–Kier alpha value is -3.11. The van der Waals surface area contributed by atoms with Crippen LogP contribution in [0.2, 0.25) is 5.02 Å². The van der Waals surface area contributed by atoms with Crippen molar-refractivity contribution in [3.63, 3.8) is 0 Å². The Morgan fingerprint density at radius 2 is 1.37 bits per heavy atom. The van der Waals surface area contributed by atoms with E-state index in [0.717, 1.165) is 11.1 Å². The molecule has 200 valence electrons. The van der Waals surface area contributed by atoms with Gasteiger partial charge in [-0.2, -0.15) is 0 Å². The minimum Gasteiger partial charge on any atom is -0.460 e. The number of halogens is 1. The van der Waals surface area contributed by atoms with Crippen LogP contribution in [-0.2, 0) is 24.7 Å². The summed E-state index contributed by atoms with van der Waals surface area (Å²) < 4.78 is 11.8. The Bertz CT molecular complexity index is 1250. The maximum absolute atomic E-state index is 13.4. The Balaban J connectivity index is 1.76. The van der Waals surface area contributed by atoms with Crippen molar-refractivity contribution < 1.29 is 19.1 Å². The van der Waals surface area contributed by atoms with Crippen molar-refractivity contribution in [1.82, 2.24) is 0 Å². The van der Waals surface area contributed by atoms with Crippen LogP contribution in [0.1, 0.15) is 88.0 Å². The van der Waals surface area contributed by atoms with Crippen LogP contribution in [0.5, 0.6) is 0 Å². The summed E-state index contributed by atoms with van der Waals surface area (Å²) in [4.78, 5) is 25.7. The fourth-order valence-corrected chi connectivity index (χ4v) is 5.76. The van der Waals surface area contributed by atoms with Crippen molar-refractivity contribution in [2.75, 3.05) is 0 Å². The predicted octanol–water partition coefficient (Wildman–Crippen LogP) is 8.20. The van der Waals surface area contributed by atoms with Crippen LogP contribution in [0.15, 0.2) is 78.9 Å². The molecule has 38 heavy (non-hydrogen) atoms. The van der Waals surface area contributed by atoms with Crippen molar-refractivity contribution in [2.45, 2.75) is 76.9 Å². The fraction of sp³-hybridized carbons (Fsp3) is 0.394. The van der Waals surface area contributed by atoms with E-state index in [9.17, 15) is 9.59 Å². The van der Waals surface area contributed by atoms with E-state index in [4.69, 9.17) is 21.1 Å². The molecule has 0 aliphatic heterocycles. The number of esters is 2. The molecule has 5 heteroatoms. The normalized spacial score (nSPS) is 19.0. The van der Waals surface area contributed by atoms with E-state index in [-0.39, 0.29) is 12.8 Å². The van der Waals surface area contributed by atoms with Gasteiger partial charge in [0, 0.05) is 21.7 Å². The van der Waals surface area contributed by atoms with Crippen LogP contribution in [0.25, 0.3) is 0 Å². The Morgan fingerprint density at radius 1 is 0.789 bits per heavy atom. The second kappa shape index (κ2) is 11.7. The molecule has 0 bridgehead atoms. The van der Waals surface area contributed by atoms with Gasteiger partial charge >= 0.3 is 11.9 Å². The first-order valence-corrected chi connectivity index (χ1v) is 13.8. The van der Waals surface area contributed by atoms with Crippen LogP contribution < -0.4 is 0 Å². The Kier molecular flexibility index (Phi) is 8.62. The molecule has 0 saturated heterocycles. The molecular weight excluding hydrogens is 496 g/mol. The van der Waals surface area contributed by atoms with Crippen LogP contribution in [0.3, 0.4) is 0 Å². The van der Waals surface area contributed by atoms with Crippen molar-refractivity contribution >= 4 is 23.5 Å². The quantitative estimate of drug-likeness (QED) is 0.217. The molecular formula is C33H37ClO4. The molecule has 1 fully saturated rings. The van der Waals surface area contributed by atoms with Crippen molar-refractivity contribution in [1.29, 1.82) is 0 Å². The summed E-state index contributed by atoms with van der Waals surface area (Å²) in [6.07, 6.45) is 3.51. The third kappa shape index (κ3) is 6.30. The lowest BCUT2D eigenvalue weighted by Crippen LogP contribution is -2.36. The van der Waals surface area contributed by atoms with E-state index >= 15 is 0 Å². The largest absolute Gasteiger partial charge is 0.460 e. The molecule has 2 unspecified atom stereocenters. The highest BCUT2D eigenvalue weighted by atomic mass is 35.5. The molecule has 4 rings (SSSR count). The van der Waals surface area contributed by atoms with Gasteiger partial charge in [0.05, 0.1) is 12.8 Å². The molecule has 1 aliphatic rings. The summed E-state index contributed by atoms with van der Waals surface area (Å²) in [5.41, 5.74) is 1.64. The number of hydrogen-bond donors (Lipinski definition) is 0. The van der Waals surface area contributed by atoms with Crippen LogP contribution in [0, 0.1) is 5.92 Å². The standard InChI is InChI=1S/C33H37ClO4/c1-23-11-10-14-27(23)24-17-19-26(20-18-24)33(25-12-6-5-7-13-25,28-15-8-9-16-29(28)34)38-31(36)22-21-30(35)37-32(2,3)4/h5-9,12-13,15-20,23,27H,10-11,14,21-22H2,1-4H3/t23-,27?,33?/m1/s1. The van der Waals surface area contributed by atoms with E-state index < -0.39 is 23.1 Å². The topological polar surface area (TPSA) is 52.6 Å². The Labute approximate surface area is 231 Å². The lowest BCUT2D eigenvalue weighted by atomic mass is 9.79. The van der Waals surface area contributed by atoms with Gasteiger partial charge in [-0.1, -0.05) is 104 Å². The van der Waals surface area contributed by atoms with Gasteiger partial charge in [-0.3, -0.25) is 9.59 Å². The lowest BCUT2D eigenvalue weighted by molar-refractivity contribution is -0.161. The van der Waals surface area contributed by atoms with Crippen molar-refractivity contribution in [3.05, 3.63) is 106 Å². The summed E-state index contributed by atoms with van der Waals surface area (Å²) in [6, 6.07) is 25.5. The average Bonchev–Trinajstić information content (AvgIpc) is 3.32. The molecule has 0 radical (unpaired) electrons. The minimum absolute atomic E-state index is 0.0675. The van der Waals surface area contributed by atoms with Gasteiger partial charge in [-0.25, -0.2) is 0 Å². The third-order valence-corrected chi connectivity index (χ3v) is 7.59. The summed E-state index contributed by atoms with van der Waals surface area (Å²) in [5, 5.41) is 0.491. The summed E-state index contributed by atoms with van der Waals surface area (Å²) in [6.45, 7) is 7.72. The molecule has 0 amide bonds. The smallest absolute Gasteiger partial charge is 0.307 e. The van der Waals surface area contributed by atoms with E-state index in [1.807, 2.05) is 48.5 Å². The first kappa shape index (κ1) is 27.9. The van der Waals surface area contributed by atoms with Gasteiger partial charge in [0.25, 0.3) is 0 Å². The first-order chi connectivity index (χ1) is 18.1. The zero-order chi connectivity index (χ0) is 27.3. The molecule has 3 atom stereocenters.